The van der Waals surface area contributed by atoms with Crippen LogP contribution in [-0.2, 0) is 6.54 Å². The molecule has 2 unspecified atom stereocenters. The smallest absolute Gasteiger partial charge is 0.341 e. The van der Waals surface area contributed by atoms with Crippen molar-refractivity contribution in [3.05, 3.63) is 57.6 Å². The number of rotatable bonds is 6. The molecule has 1 aromatic carbocycles. The molecule has 5 rings (SSSR count). The van der Waals surface area contributed by atoms with Gasteiger partial charge in [-0.25, -0.2) is 14.2 Å². The molecule has 0 spiro atoms. The minimum atomic E-state index is -1.38. The quantitative estimate of drug-likeness (QED) is 0.582. The van der Waals surface area contributed by atoms with E-state index in [-0.39, 0.29) is 35.5 Å². The Balaban J connectivity index is 1.66. The Morgan fingerprint density at radius 2 is 2.06 bits per heavy atom. The van der Waals surface area contributed by atoms with Gasteiger partial charge >= 0.3 is 5.97 Å². The molecule has 33 heavy (non-hydrogen) atoms. The van der Waals surface area contributed by atoms with Crippen LogP contribution in [-0.4, -0.2) is 60.0 Å². The van der Waals surface area contributed by atoms with Gasteiger partial charge in [-0.3, -0.25) is 4.79 Å². The second kappa shape index (κ2) is 8.04. The predicted octanol–water partition coefficient (Wildman–Crippen LogP) is 1.85. The maximum absolute atomic E-state index is 15.1. The SMILES string of the molecule is COc1ccc(Cn2cc(C(=O)O)c(=O)c3cc(F)c(N4CC5CC4CN5)nc32)cc1OC. The van der Waals surface area contributed by atoms with Gasteiger partial charge in [0.2, 0.25) is 5.43 Å². The molecule has 10 heteroatoms. The predicted molar refractivity (Wildman–Crippen MR) is 119 cm³/mol. The van der Waals surface area contributed by atoms with E-state index in [1.807, 2.05) is 4.90 Å². The second-order valence-corrected chi connectivity index (χ2v) is 8.31. The van der Waals surface area contributed by atoms with Crippen molar-refractivity contribution in [2.45, 2.75) is 25.0 Å². The molecule has 2 aliphatic rings. The summed E-state index contributed by atoms with van der Waals surface area (Å²) in [6.45, 7) is 1.58. The maximum Gasteiger partial charge on any atom is 0.341 e. The number of carboxylic acids is 1. The van der Waals surface area contributed by atoms with Gasteiger partial charge in [0, 0.05) is 37.9 Å². The van der Waals surface area contributed by atoms with Crippen LogP contribution in [0.4, 0.5) is 10.2 Å². The Bertz CT molecular complexity index is 1320. The van der Waals surface area contributed by atoms with E-state index in [0.29, 0.717) is 18.0 Å². The molecule has 2 N–H and O–H groups in total. The monoisotopic (exact) mass is 454 g/mol. The van der Waals surface area contributed by atoms with Gasteiger partial charge < -0.3 is 29.4 Å². The fourth-order valence-corrected chi connectivity index (χ4v) is 4.75. The van der Waals surface area contributed by atoms with E-state index >= 15 is 4.39 Å². The minimum Gasteiger partial charge on any atom is -0.493 e. The summed E-state index contributed by atoms with van der Waals surface area (Å²) < 4.78 is 27.3. The number of carboxylic acid groups (broad SMARTS) is 1. The zero-order chi connectivity index (χ0) is 23.3. The number of carbonyl (C=O) groups is 1. The van der Waals surface area contributed by atoms with Gasteiger partial charge in [-0.2, -0.15) is 0 Å². The average Bonchev–Trinajstić information content (AvgIpc) is 3.44. The topological polar surface area (TPSA) is 106 Å². The fraction of sp³-hybridized carbons (Fsp3) is 0.348. The number of nitrogens with one attached hydrogen (secondary N) is 1. The van der Waals surface area contributed by atoms with Gasteiger partial charge in [0.05, 0.1) is 19.6 Å². The molecule has 2 aliphatic heterocycles. The van der Waals surface area contributed by atoms with Crippen molar-refractivity contribution in [3.63, 3.8) is 0 Å². The zero-order valence-electron chi connectivity index (χ0n) is 18.2. The number of ether oxygens (including phenoxy) is 2. The van der Waals surface area contributed by atoms with Gasteiger partial charge in [0.1, 0.15) is 11.2 Å². The summed E-state index contributed by atoms with van der Waals surface area (Å²) >= 11 is 0. The first-order valence-electron chi connectivity index (χ1n) is 10.6. The summed E-state index contributed by atoms with van der Waals surface area (Å²) in [6.07, 6.45) is 2.17. The summed E-state index contributed by atoms with van der Waals surface area (Å²) in [5, 5.41) is 12.9. The van der Waals surface area contributed by atoms with Crippen molar-refractivity contribution in [1.82, 2.24) is 14.9 Å². The van der Waals surface area contributed by atoms with E-state index in [9.17, 15) is 14.7 Å². The Morgan fingerprint density at radius 3 is 2.70 bits per heavy atom. The number of aromatic carboxylic acids is 1. The van der Waals surface area contributed by atoms with Crippen LogP contribution in [0.1, 0.15) is 22.3 Å². The first-order valence-corrected chi connectivity index (χ1v) is 10.6. The van der Waals surface area contributed by atoms with Crippen molar-refractivity contribution >= 4 is 22.8 Å². The molecule has 2 bridgehead atoms. The number of hydrogen-bond donors (Lipinski definition) is 2. The molecule has 4 heterocycles. The van der Waals surface area contributed by atoms with Crippen LogP contribution >= 0.6 is 0 Å². The number of aromatic nitrogens is 2. The third-order valence-corrected chi connectivity index (χ3v) is 6.34. The molecule has 172 valence electrons. The summed E-state index contributed by atoms with van der Waals surface area (Å²) in [5.74, 6) is -0.765. The number of fused-ring (bicyclic) bond motifs is 3. The van der Waals surface area contributed by atoms with E-state index in [0.717, 1.165) is 24.6 Å². The van der Waals surface area contributed by atoms with Crippen LogP contribution in [0.15, 0.2) is 35.3 Å². The largest absolute Gasteiger partial charge is 0.493 e. The van der Waals surface area contributed by atoms with Crippen molar-refractivity contribution in [3.8, 4) is 11.5 Å². The molecule has 0 aliphatic carbocycles. The van der Waals surface area contributed by atoms with Crippen LogP contribution in [0.2, 0.25) is 0 Å². The summed E-state index contributed by atoms with van der Waals surface area (Å²) in [7, 11) is 3.06. The van der Waals surface area contributed by atoms with Gasteiger partial charge in [-0.1, -0.05) is 6.07 Å². The van der Waals surface area contributed by atoms with Crippen molar-refractivity contribution in [2.75, 3.05) is 32.2 Å². The van der Waals surface area contributed by atoms with Crippen molar-refractivity contribution < 1.29 is 23.8 Å². The van der Waals surface area contributed by atoms with E-state index in [2.05, 4.69) is 10.3 Å². The van der Waals surface area contributed by atoms with Crippen LogP contribution in [0.3, 0.4) is 0 Å². The number of anilines is 1. The Hall–Kier alpha value is -3.66. The number of nitrogens with zero attached hydrogens (tertiary/aromatic N) is 3. The standard InChI is InChI=1S/C23H23FN4O5/c1-32-18-4-3-12(5-19(18)33-2)9-27-11-16(23(30)31)20(29)15-7-17(24)22(26-21(15)27)28-10-13-6-14(28)8-25-13/h3-5,7,11,13-14,25H,6,8-10H2,1-2H3,(H,30,31). The fourth-order valence-electron chi connectivity index (χ4n) is 4.75. The highest BCUT2D eigenvalue weighted by molar-refractivity contribution is 5.92. The lowest BCUT2D eigenvalue weighted by atomic mass is 10.1. The molecule has 3 aromatic rings. The maximum atomic E-state index is 15.1. The number of hydrogen-bond acceptors (Lipinski definition) is 7. The highest BCUT2D eigenvalue weighted by Gasteiger charge is 2.39. The third kappa shape index (κ3) is 3.56. The van der Waals surface area contributed by atoms with E-state index < -0.39 is 22.8 Å². The van der Waals surface area contributed by atoms with Crippen LogP contribution in [0, 0.1) is 5.82 Å². The molecule has 2 fully saturated rings. The molecule has 0 amide bonds. The molecule has 0 saturated carbocycles. The number of methoxy groups -OCH3 is 2. The van der Waals surface area contributed by atoms with Crippen molar-refractivity contribution in [2.24, 2.45) is 0 Å². The molecule has 2 saturated heterocycles. The van der Waals surface area contributed by atoms with Gasteiger partial charge in [0.15, 0.2) is 23.1 Å². The highest BCUT2D eigenvalue weighted by Crippen LogP contribution is 2.32. The number of halogens is 1. The van der Waals surface area contributed by atoms with E-state index in [1.54, 1.807) is 22.8 Å². The Kier molecular flexibility index (Phi) is 5.16. The van der Waals surface area contributed by atoms with E-state index in [1.165, 1.54) is 20.4 Å². The molecular weight excluding hydrogens is 431 g/mol. The zero-order valence-corrected chi connectivity index (χ0v) is 18.2. The van der Waals surface area contributed by atoms with Crippen LogP contribution in [0.5, 0.6) is 11.5 Å². The molecule has 2 aromatic heterocycles. The van der Waals surface area contributed by atoms with Crippen molar-refractivity contribution in [1.29, 1.82) is 0 Å². The summed E-state index contributed by atoms with van der Waals surface area (Å²) in [6, 6.07) is 6.84. The third-order valence-electron chi connectivity index (χ3n) is 6.34. The lowest BCUT2D eigenvalue weighted by Gasteiger charge is -2.29. The lowest BCUT2D eigenvalue weighted by Crippen LogP contribution is -2.44. The van der Waals surface area contributed by atoms with Crippen LogP contribution < -0.4 is 25.1 Å². The molecular formula is C23H23FN4O5. The van der Waals surface area contributed by atoms with Crippen LogP contribution in [0.25, 0.3) is 11.0 Å². The first kappa shape index (κ1) is 21.2. The summed E-state index contributed by atoms with van der Waals surface area (Å²) in [4.78, 5) is 31.0. The van der Waals surface area contributed by atoms with Gasteiger partial charge in [0.25, 0.3) is 0 Å². The minimum absolute atomic E-state index is 0.0703. The number of pyridine rings is 2. The van der Waals surface area contributed by atoms with Gasteiger partial charge in [-0.15, -0.1) is 0 Å². The Labute approximate surface area is 188 Å². The number of benzene rings is 1. The molecule has 0 radical (unpaired) electrons. The average molecular weight is 454 g/mol. The Morgan fingerprint density at radius 1 is 1.27 bits per heavy atom. The highest BCUT2D eigenvalue weighted by atomic mass is 19.1. The molecule has 9 nitrogen and oxygen atoms in total. The van der Waals surface area contributed by atoms with Gasteiger partial charge in [-0.05, 0) is 30.2 Å². The first-order chi connectivity index (χ1) is 15.9. The van der Waals surface area contributed by atoms with E-state index in [4.69, 9.17) is 9.47 Å². The second-order valence-electron chi connectivity index (χ2n) is 8.31. The summed E-state index contributed by atoms with van der Waals surface area (Å²) in [5.41, 5.74) is -0.206. The molecule has 2 atom stereocenters. The number of piperazine rings is 1. The normalized spacial score (nSPS) is 19.3. The lowest BCUT2D eigenvalue weighted by molar-refractivity contribution is 0.0695.